The highest BCUT2D eigenvalue weighted by Gasteiger charge is 2.46. The van der Waals surface area contributed by atoms with Crippen LogP contribution in [-0.4, -0.2) is 41.5 Å². The van der Waals surface area contributed by atoms with Gasteiger partial charge in [-0.1, -0.05) is 0 Å². The summed E-state index contributed by atoms with van der Waals surface area (Å²) in [4.78, 5) is 17.3. The number of nitrogens with zero attached hydrogens (tertiary/aromatic N) is 2. The second-order valence-corrected chi connectivity index (χ2v) is 6.56. The third-order valence-corrected chi connectivity index (χ3v) is 4.40. The van der Waals surface area contributed by atoms with Gasteiger partial charge in [0.1, 0.15) is 18.3 Å². The Morgan fingerprint density at radius 3 is 2.59 bits per heavy atom. The summed E-state index contributed by atoms with van der Waals surface area (Å²) >= 11 is 1.12. The Balaban J connectivity index is 0.000000273. The van der Waals surface area contributed by atoms with E-state index in [1.165, 1.54) is 19.2 Å². The molecule has 5 N–H and O–H groups in total. The summed E-state index contributed by atoms with van der Waals surface area (Å²) in [5, 5.41) is 9.99. The van der Waals surface area contributed by atoms with Crippen LogP contribution in [-0.2, 0) is 10.3 Å². The van der Waals surface area contributed by atoms with Gasteiger partial charge in [0.2, 0.25) is 5.01 Å². The number of nitrogens with two attached hydrogens (primary N) is 2. The van der Waals surface area contributed by atoms with Crippen molar-refractivity contribution in [2.24, 2.45) is 10.7 Å². The molecule has 27 heavy (non-hydrogen) atoms. The van der Waals surface area contributed by atoms with E-state index in [4.69, 9.17) is 21.3 Å². The van der Waals surface area contributed by atoms with E-state index >= 15 is 0 Å². The van der Waals surface area contributed by atoms with E-state index in [2.05, 4.69) is 9.98 Å². The number of aryl methyl sites for hydroxylation is 1. The van der Waals surface area contributed by atoms with Gasteiger partial charge in [-0.25, -0.2) is 22.9 Å². The lowest BCUT2D eigenvalue weighted by molar-refractivity contribution is -0.0146. The number of alkyl halides is 2. The molecule has 1 aliphatic heterocycles. The van der Waals surface area contributed by atoms with Crippen molar-refractivity contribution in [1.29, 1.82) is 0 Å². The number of hydrogen-bond donors (Lipinski definition) is 3. The number of aromatic nitrogens is 1. The summed E-state index contributed by atoms with van der Waals surface area (Å²) in [6, 6.07) is 2.52. The Morgan fingerprint density at radius 1 is 1.41 bits per heavy atom. The summed E-state index contributed by atoms with van der Waals surface area (Å²) in [7, 11) is 0. The molecule has 1 aromatic heterocycles. The monoisotopic (exact) mass is 402 g/mol. The molecule has 0 aliphatic carbocycles. The molecule has 1 atom stereocenters. The number of anilines is 1. The van der Waals surface area contributed by atoms with Crippen molar-refractivity contribution in [3.63, 3.8) is 0 Å². The van der Waals surface area contributed by atoms with Crippen molar-refractivity contribution < 1.29 is 27.8 Å². The molecule has 1 aromatic carbocycles. The lowest BCUT2D eigenvalue weighted by Crippen LogP contribution is -2.45. The Bertz CT molecular complexity index is 846. The Kier molecular flexibility index (Phi) is 6.39. The van der Waals surface area contributed by atoms with Gasteiger partial charge >= 0.3 is 5.97 Å². The maximum absolute atomic E-state index is 14.1. The van der Waals surface area contributed by atoms with Gasteiger partial charge in [-0.15, -0.1) is 11.3 Å². The van der Waals surface area contributed by atoms with Crippen LogP contribution in [0, 0.1) is 12.7 Å². The van der Waals surface area contributed by atoms with Gasteiger partial charge in [-0.2, -0.15) is 0 Å². The van der Waals surface area contributed by atoms with Crippen LogP contribution < -0.4 is 11.5 Å². The molecule has 1 aliphatic rings. The average molecular weight is 402 g/mol. The van der Waals surface area contributed by atoms with E-state index in [0.29, 0.717) is 0 Å². The fourth-order valence-electron chi connectivity index (χ4n) is 2.44. The predicted molar refractivity (Wildman–Crippen MR) is 94.7 cm³/mol. The number of benzene rings is 1. The number of carbonyl (C=O) groups is 1. The minimum Gasteiger partial charge on any atom is -0.476 e. The van der Waals surface area contributed by atoms with Gasteiger partial charge in [0, 0.05) is 22.8 Å². The minimum atomic E-state index is -2.96. The number of ether oxygens (including phenoxy) is 1. The van der Waals surface area contributed by atoms with E-state index in [1.54, 1.807) is 5.38 Å². The van der Waals surface area contributed by atoms with Crippen molar-refractivity contribution in [1.82, 2.24) is 4.98 Å². The molecular weight excluding hydrogens is 385 g/mol. The molecule has 0 saturated heterocycles. The van der Waals surface area contributed by atoms with Gasteiger partial charge < -0.3 is 21.3 Å². The summed E-state index contributed by atoms with van der Waals surface area (Å²) in [6.07, 6.45) is -1.49. The number of amidine groups is 1. The molecule has 2 heterocycles. The van der Waals surface area contributed by atoms with Crippen LogP contribution in [0.25, 0.3) is 0 Å². The van der Waals surface area contributed by atoms with Gasteiger partial charge in [0.15, 0.2) is 5.54 Å². The predicted octanol–water partition coefficient (Wildman–Crippen LogP) is 2.41. The van der Waals surface area contributed by atoms with E-state index < -0.39 is 30.4 Å². The third kappa shape index (κ3) is 4.55. The quantitative estimate of drug-likeness (QED) is 0.678. The highest BCUT2D eigenvalue weighted by molar-refractivity contribution is 7.11. The summed E-state index contributed by atoms with van der Waals surface area (Å²) in [5.41, 5.74) is 8.99. The molecule has 0 amide bonds. The number of halogens is 3. The molecule has 3 rings (SSSR count). The topological polar surface area (TPSA) is 124 Å². The minimum absolute atomic E-state index is 0.0443. The van der Waals surface area contributed by atoms with Crippen LogP contribution in [0.5, 0.6) is 0 Å². The zero-order chi connectivity index (χ0) is 20.2. The fraction of sp³-hybridized carbons (Fsp3) is 0.312. The molecule has 11 heteroatoms. The van der Waals surface area contributed by atoms with Crippen molar-refractivity contribution in [3.05, 3.63) is 45.7 Å². The van der Waals surface area contributed by atoms with Crippen LogP contribution in [0.2, 0.25) is 0 Å². The summed E-state index contributed by atoms with van der Waals surface area (Å²) in [5.74, 6) is -1.82. The second-order valence-electron chi connectivity index (χ2n) is 5.66. The van der Waals surface area contributed by atoms with Crippen LogP contribution in [0.1, 0.15) is 20.9 Å². The first-order valence-corrected chi connectivity index (χ1v) is 8.44. The van der Waals surface area contributed by atoms with Gasteiger partial charge in [0.25, 0.3) is 6.43 Å². The highest BCUT2D eigenvalue weighted by Crippen LogP contribution is 2.38. The van der Waals surface area contributed by atoms with E-state index in [1.807, 2.05) is 0 Å². The molecule has 2 aromatic rings. The first-order valence-electron chi connectivity index (χ1n) is 7.56. The lowest BCUT2D eigenvalue weighted by atomic mass is 9.88. The Hall–Kier alpha value is -2.66. The van der Waals surface area contributed by atoms with Crippen molar-refractivity contribution in [3.8, 4) is 0 Å². The van der Waals surface area contributed by atoms with Crippen LogP contribution >= 0.6 is 11.3 Å². The number of rotatable bonds is 3. The van der Waals surface area contributed by atoms with Gasteiger partial charge in [0.05, 0.1) is 6.61 Å². The van der Waals surface area contributed by atoms with Gasteiger partial charge in [-0.05, 0) is 24.6 Å². The number of carboxylic acid groups (broad SMARTS) is 1. The third-order valence-electron chi connectivity index (χ3n) is 3.63. The highest BCUT2D eigenvalue weighted by atomic mass is 32.1. The molecule has 0 radical (unpaired) electrons. The maximum Gasteiger partial charge on any atom is 0.364 e. The summed E-state index contributed by atoms with van der Waals surface area (Å²) in [6.45, 7) is 0.966. The molecule has 0 saturated carbocycles. The number of aliphatic imine (C=N–C) groups is 1. The molecule has 0 unspecified atom stereocenters. The number of nitrogen functional groups attached to an aromatic ring is 1. The second kappa shape index (κ2) is 8.35. The first-order chi connectivity index (χ1) is 12.7. The molecule has 0 bridgehead atoms. The van der Waals surface area contributed by atoms with Crippen molar-refractivity contribution in [2.75, 3.05) is 18.9 Å². The zero-order valence-electron chi connectivity index (χ0n) is 14.2. The molecule has 146 valence electrons. The summed E-state index contributed by atoms with van der Waals surface area (Å²) < 4.78 is 46.0. The Morgan fingerprint density at radius 2 is 2.11 bits per heavy atom. The largest absolute Gasteiger partial charge is 0.476 e. The van der Waals surface area contributed by atoms with E-state index in [9.17, 15) is 18.0 Å². The van der Waals surface area contributed by atoms with Gasteiger partial charge in [-0.3, -0.25) is 4.99 Å². The van der Waals surface area contributed by atoms with Crippen LogP contribution in [0.4, 0.5) is 18.9 Å². The normalized spacial score (nSPS) is 19.2. The number of carboxylic acids is 1. The standard InChI is InChI=1S/C12H14F3N3O.C4H3NO2S/c1-6-2-7(16)3-8(10(6)13)12(11(14)15)5-19-4-9(17)18-12;6-4(7)3-5-1-2-8-3/h2-3,11H,4-5,16H2,1H3,(H2,17,18);1-2H,(H,6,7)/t12-;/m0./s1. The van der Waals surface area contributed by atoms with Crippen molar-refractivity contribution >= 4 is 28.8 Å². The van der Waals surface area contributed by atoms with E-state index in [0.717, 1.165) is 17.4 Å². The smallest absolute Gasteiger partial charge is 0.364 e. The molecule has 7 nitrogen and oxygen atoms in total. The number of thiazole rings is 1. The van der Waals surface area contributed by atoms with Crippen LogP contribution in [0.3, 0.4) is 0 Å². The fourth-order valence-corrected chi connectivity index (χ4v) is 2.91. The average Bonchev–Trinajstić information content (AvgIpc) is 3.13. The van der Waals surface area contributed by atoms with Crippen LogP contribution in [0.15, 0.2) is 28.7 Å². The lowest BCUT2D eigenvalue weighted by Gasteiger charge is -2.33. The molecule has 0 fully saturated rings. The number of hydrogen-bond acceptors (Lipinski definition) is 7. The maximum atomic E-state index is 14.1. The molecule has 0 spiro atoms. The van der Waals surface area contributed by atoms with E-state index in [-0.39, 0.29) is 34.3 Å². The number of aromatic carboxylic acids is 1. The first kappa shape index (κ1) is 20.6. The Labute approximate surface area is 156 Å². The molecular formula is C16H17F3N4O3S. The van der Waals surface area contributed by atoms with Crippen molar-refractivity contribution in [2.45, 2.75) is 18.9 Å². The SMILES string of the molecule is Cc1cc(N)cc([C@]2(C(F)F)COCC(N)=N2)c1F.O=C(O)c1nccs1. The zero-order valence-corrected chi connectivity index (χ0v) is 15.0.